The molecule has 2 aliphatic heterocycles. The minimum absolute atomic E-state index is 0.0168. The van der Waals surface area contributed by atoms with Crippen LogP contribution in [0.25, 0.3) is 0 Å². The fourth-order valence-corrected chi connectivity index (χ4v) is 4.52. The number of phenols is 1. The van der Waals surface area contributed by atoms with E-state index in [9.17, 15) is 14.7 Å². The van der Waals surface area contributed by atoms with Crippen molar-refractivity contribution in [2.45, 2.75) is 57.4 Å². The smallest absolute Gasteiger partial charge is 0.342 e. The molecular formula is C19H24INO5. The molecule has 0 amide bonds. The predicted octanol–water partition coefficient (Wildman–Crippen LogP) is 2.96. The average Bonchev–Trinajstić information content (AvgIpc) is 2.78. The summed E-state index contributed by atoms with van der Waals surface area (Å²) < 4.78 is 12.0. The molecule has 0 unspecified atom stereocenters. The molecule has 0 saturated carbocycles. The number of carbonyl (C=O) groups is 2. The summed E-state index contributed by atoms with van der Waals surface area (Å²) in [6, 6.07) is 5.11. The van der Waals surface area contributed by atoms with Crippen LogP contribution in [0.2, 0.25) is 0 Å². The van der Waals surface area contributed by atoms with Crippen LogP contribution in [-0.4, -0.2) is 53.3 Å². The maximum atomic E-state index is 12.7. The normalized spacial score (nSPS) is 28.2. The summed E-state index contributed by atoms with van der Waals surface area (Å²) in [7, 11) is 2.01. The Morgan fingerprint density at radius 1 is 1.31 bits per heavy atom. The van der Waals surface area contributed by atoms with E-state index in [0.29, 0.717) is 12.5 Å². The minimum atomic E-state index is -0.602. The molecule has 6 nitrogen and oxygen atoms in total. The molecule has 142 valence electrons. The number of ether oxygens (including phenoxy) is 2. The van der Waals surface area contributed by atoms with Gasteiger partial charge >= 0.3 is 11.9 Å². The molecular weight excluding hydrogens is 449 g/mol. The summed E-state index contributed by atoms with van der Waals surface area (Å²) in [5, 5.41) is 10.0. The van der Waals surface area contributed by atoms with E-state index in [1.54, 1.807) is 12.1 Å². The quantitative estimate of drug-likeness (QED) is 0.536. The lowest BCUT2D eigenvalue weighted by Crippen LogP contribution is -2.54. The molecule has 0 aromatic heterocycles. The van der Waals surface area contributed by atoms with E-state index in [4.69, 9.17) is 9.47 Å². The van der Waals surface area contributed by atoms with Gasteiger partial charge in [-0.1, -0.05) is 0 Å². The van der Waals surface area contributed by atoms with Crippen LogP contribution in [0.3, 0.4) is 0 Å². The molecule has 26 heavy (non-hydrogen) atoms. The maximum absolute atomic E-state index is 12.7. The third-order valence-corrected chi connectivity index (χ3v) is 5.95. The highest BCUT2D eigenvalue weighted by molar-refractivity contribution is 14.1. The minimum Gasteiger partial charge on any atom is -0.507 e. The van der Waals surface area contributed by atoms with Crippen LogP contribution in [0, 0.1) is 9.49 Å². The van der Waals surface area contributed by atoms with E-state index in [1.165, 1.54) is 6.07 Å². The van der Waals surface area contributed by atoms with Gasteiger partial charge in [0.2, 0.25) is 0 Å². The van der Waals surface area contributed by atoms with E-state index in [2.05, 4.69) is 27.5 Å². The standard InChI is InChI=1S/C19H24INO5/c1-10(2)25-19(24)17-14-7-5-12(21(14)3)9-16(17)26-18(23)13-6-4-11(20)8-15(13)22/h4,6,8,10,12,14,16-17,22H,5,7,9H2,1-3H3/t12-,14+,16-,17+/m0/s1. The summed E-state index contributed by atoms with van der Waals surface area (Å²) in [5.41, 5.74) is 0.118. The molecule has 4 atom stereocenters. The van der Waals surface area contributed by atoms with Crippen LogP contribution >= 0.6 is 22.6 Å². The van der Waals surface area contributed by atoms with Gasteiger partial charge in [0.25, 0.3) is 0 Å². The zero-order valence-electron chi connectivity index (χ0n) is 15.1. The van der Waals surface area contributed by atoms with E-state index >= 15 is 0 Å². The maximum Gasteiger partial charge on any atom is 0.342 e. The highest BCUT2D eigenvalue weighted by atomic mass is 127. The molecule has 0 aliphatic carbocycles. The lowest BCUT2D eigenvalue weighted by Gasteiger charge is -2.41. The van der Waals surface area contributed by atoms with Gasteiger partial charge < -0.3 is 14.6 Å². The van der Waals surface area contributed by atoms with Crippen molar-refractivity contribution in [1.29, 1.82) is 0 Å². The average molecular weight is 473 g/mol. The molecule has 2 aliphatic rings. The number of hydrogen-bond acceptors (Lipinski definition) is 6. The van der Waals surface area contributed by atoms with Gasteiger partial charge in [-0.15, -0.1) is 0 Å². The van der Waals surface area contributed by atoms with Gasteiger partial charge in [-0.2, -0.15) is 0 Å². The molecule has 2 fully saturated rings. The highest BCUT2D eigenvalue weighted by Crippen LogP contribution is 2.40. The fraction of sp³-hybridized carbons (Fsp3) is 0.579. The Bertz CT molecular complexity index is 707. The van der Waals surface area contributed by atoms with Crippen molar-refractivity contribution in [3.05, 3.63) is 27.3 Å². The summed E-state index contributed by atoms with van der Waals surface area (Å²) in [4.78, 5) is 27.5. The van der Waals surface area contributed by atoms with E-state index < -0.39 is 18.0 Å². The van der Waals surface area contributed by atoms with Gasteiger partial charge in [0, 0.05) is 22.1 Å². The zero-order chi connectivity index (χ0) is 19.0. The second kappa shape index (κ2) is 7.72. The van der Waals surface area contributed by atoms with Gasteiger partial charge in [0.05, 0.1) is 6.10 Å². The largest absolute Gasteiger partial charge is 0.507 e. The number of hydrogen-bond donors (Lipinski definition) is 1. The number of aromatic hydroxyl groups is 1. The zero-order valence-corrected chi connectivity index (χ0v) is 17.3. The van der Waals surface area contributed by atoms with Gasteiger partial charge in [-0.25, -0.2) is 4.79 Å². The number of piperidine rings is 1. The highest BCUT2D eigenvalue weighted by Gasteiger charge is 2.51. The third kappa shape index (κ3) is 3.83. The van der Waals surface area contributed by atoms with Crippen molar-refractivity contribution < 1.29 is 24.2 Å². The number of fused-ring (bicyclic) bond motifs is 2. The Morgan fingerprint density at radius 2 is 2.04 bits per heavy atom. The number of benzene rings is 1. The van der Waals surface area contributed by atoms with Gasteiger partial charge in [-0.05, 0) is 74.5 Å². The number of esters is 2. The molecule has 3 rings (SSSR count). The summed E-state index contributed by atoms with van der Waals surface area (Å²) in [6.07, 6.45) is 1.71. The number of rotatable bonds is 4. The Morgan fingerprint density at radius 3 is 2.69 bits per heavy atom. The third-order valence-electron chi connectivity index (χ3n) is 5.28. The second-order valence-electron chi connectivity index (χ2n) is 7.32. The Labute approximate surface area is 167 Å². The molecule has 2 bridgehead atoms. The molecule has 0 radical (unpaired) electrons. The molecule has 1 aromatic rings. The van der Waals surface area contributed by atoms with E-state index in [0.717, 1.165) is 16.4 Å². The van der Waals surface area contributed by atoms with Crippen molar-refractivity contribution in [2.75, 3.05) is 7.05 Å². The molecule has 2 heterocycles. The first-order chi connectivity index (χ1) is 12.3. The molecule has 0 spiro atoms. The second-order valence-corrected chi connectivity index (χ2v) is 8.56. The fourth-order valence-electron chi connectivity index (χ4n) is 4.04. The van der Waals surface area contributed by atoms with Crippen LogP contribution in [0.5, 0.6) is 5.75 Å². The Balaban J connectivity index is 1.81. The Hall–Kier alpha value is -1.35. The molecule has 7 heteroatoms. The van der Waals surface area contributed by atoms with Gasteiger partial charge in [0.1, 0.15) is 23.3 Å². The van der Waals surface area contributed by atoms with Gasteiger partial charge in [0.15, 0.2) is 0 Å². The lowest BCUT2D eigenvalue weighted by atomic mass is 9.87. The van der Waals surface area contributed by atoms with E-state index in [-0.39, 0.29) is 29.4 Å². The first kappa shape index (κ1) is 19.4. The molecule has 1 N–H and O–H groups in total. The number of nitrogens with zero attached hydrogens (tertiary/aromatic N) is 1. The lowest BCUT2D eigenvalue weighted by molar-refractivity contribution is -0.162. The van der Waals surface area contributed by atoms with Crippen molar-refractivity contribution in [1.82, 2.24) is 4.90 Å². The van der Waals surface area contributed by atoms with Crippen LogP contribution in [-0.2, 0) is 14.3 Å². The van der Waals surface area contributed by atoms with E-state index in [1.807, 2.05) is 20.9 Å². The summed E-state index contributed by atoms with van der Waals surface area (Å²) >= 11 is 2.06. The summed E-state index contributed by atoms with van der Waals surface area (Å²) in [5.74, 6) is -1.53. The first-order valence-corrected chi connectivity index (χ1v) is 9.97. The number of halogens is 1. The van der Waals surface area contributed by atoms with Crippen LogP contribution in [0.1, 0.15) is 43.5 Å². The SMILES string of the molecule is CC(C)OC(=O)[C@H]1[C@@H](OC(=O)c2ccc(I)cc2O)C[C@@H]2CC[C@H]1N2C. The van der Waals surface area contributed by atoms with Crippen LogP contribution in [0.4, 0.5) is 0 Å². The predicted molar refractivity (Wildman–Crippen MR) is 104 cm³/mol. The monoisotopic (exact) mass is 473 g/mol. The molecule has 1 aromatic carbocycles. The van der Waals surface area contributed by atoms with Crippen molar-refractivity contribution in [3.8, 4) is 5.75 Å². The Kier molecular flexibility index (Phi) is 5.76. The summed E-state index contributed by atoms with van der Waals surface area (Å²) in [6.45, 7) is 3.62. The topological polar surface area (TPSA) is 76.1 Å². The first-order valence-electron chi connectivity index (χ1n) is 8.90. The van der Waals surface area contributed by atoms with Gasteiger partial charge in [-0.3, -0.25) is 9.69 Å². The van der Waals surface area contributed by atoms with Crippen molar-refractivity contribution >= 4 is 34.5 Å². The number of phenolic OH excluding ortho intramolecular Hbond substituents is 1. The van der Waals surface area contributed by atoms with Crippen molar-refractivity contribution in [2.24, 2.45) is 5.92 Å². The van der Waals surface area contributed by atoms with Crippen molar-refractivity contribution in [3.63, 3.8) is 0 Å². The van der Waals surface area contributed by atoms with Crippen LogP contribution in [0.15, 0.2) is 18.2 Å². The van der Waals surface area contributed by atoms with Crippen LogP contribution < -0.4 is 0 Å². The number of carbonyl (C=O) groups excluding carboxylic acids is 2. The molecule has 2 saturated heterocycles.